The third-order valence-electron chi connectivity index (χ3n) is 4.42. The van der Waals surface area contributed by atoms with Crippen molar-refractivity contribution < 1.29 is 14.2 Å². The number of ether oxygens (including phenoxy) is 3. The van der Waals surface area contributed by atoms with Gasteiger partial charge in [0.1, 0.15) is 17.2 Å². The average Bonchev–Trinajstić information content (AvgIpc) is 2.75. The number of halogens is 1. The van der Waals surface area contributed by atoms with Crippen molar-refractivity contribution in [3.8, 4) is 23.1 Å². The maximum absolute atomic E-state index is 12.1. The number of aliphatic imine (C=N–C) groups is 1. The number of aromatic nitrogens is 2. The van der Waals surface area contributed by atoms with Crippen molar-refractivity contribution in [1.29, 1.82) is 0 Å². The maximum Gasteiger partial charge on any atom is 0.333 e. The van der Waals surface area contributed by atoms with Gasteiger partial charge in [0.2, 0.25) is 5.88 Å². The lowest BCUT2D eigenvalue weighted by atomic mass is 10.2. The zero-order valence-corrected chi connectivity index (χ0v) is 17.6. The summed E-state index contributed by atoms with van der Waals surface area (Å²) < 4.78 is 18.6. The summed E-state index contributed by atoms with van der Waals surface area (Å²) in [5, 5.41) is 0.405. The van der Waals surface area contributed by atoms with Gasteiger partial charge in [0.25, 0.3) is 5.56 Å². The Morgan fingerprint density at radius 1 is 0.967 bits per heavy atom. The fraction of sp³-hybridized carbons (Fsp3) is 0.190. The minimum Gasteiger partial charge on any atom is -0.497 e. The molecule has 0 N–H and O–H groups in total. The van der Waals surface area contributed by atoms with Crippen LogP contribution in [0, 0.1) is 0 Å². The Hall–Kier alpha value is -3.52. The zero-order valence-electron chi connectivity index (χ0n) is 16.9. The van der Waals surface area contributed by atoms with Gasteiger partial charge in [-0.1, -0.05) is 23.7 Å². The Bertz CT molecular complexity index is 1230. The van der Waals surface area contributed by atoms with Gasteiger partial charge in [0.15, 0.2) is 5.75 Å². The highest BCUT2D eigenvalue weighted by Gasteiger charge is 2.12. The minimum absolute atomic E-state index is 0.103. The summed E-state index contributed by atoms with van der Waals surface area (Å²) in [7, 11) is 5.98. The summed E-state index contributed by atoms with van der Waals surface area (Å²) in [4.78, 5) is 28.6. The predicted molar refractivity (Wildman–Crippen MR) is 115 cm³/mol. The SMILES string of the molecule is COc1cc(Cl)c(C=Nc2ccccc2Oc2cc(=O)n(C)c(=O)n2C)c(OC)c1. The van der Waals surface area contributed by atoms with Crippen LogP contribution in [0.25, 0.3) is 0 Å². The van der Waals surface area contributed by atoms with E-state index in [2.05, 4.69) is 4.99 Å². The van der Waals surface area contributed by atoms with Crippen molar-refractivity contribution in [1.82, 2.24) is 9.13 Å². The molecule has 2 aromatic carbocycles. The molecule has 0 aliphatic heterocycles. The Kier molecular flexibility index (Phi) is 6.27. The predicted octanol–water partition coefficient (Wildman–Crippen LogP) is 3.30. The highest BCUT2D eigenvalue weighted by Crippen LogP contribution is 2.33. The van der Waals surface area contributed by atoms with Crippen molar-refractivity contribution in [3.63, 3.8) is 0 Å². The van der Waals surface area contributed by atoms with E-state index < -0.39 is 11.2 Å². The van der Waals surface area contributed by atoms with Crippen LogP contribution in [0.15, 0.2) is 57.0 Å². The Morgan fingerprint density at radius 3 is 2.40 bits per heavy atom. The number of rotatable bonds is 6. The Balaban J connectivity index is 2.00. The quantitative estimate of drug-likeness (QED) is 0.561. The van der Waals surface area contributed by atoms with Crippen molar-refractivity contribution >= 4 is 23.5 Å². The first kappa shape index (κ1) is 21.2. The molecule has 0 unspecified atom stereocenters. The molecule has 0 saturated carbocycles. The number of benzene rings is 2. The molecule has 0 atom stereocenters. The van der Waals surface area contributed by atoms with Gasteiger partial charge < -0.3 is 14.2 Å². The van der Waals surface area contributed by atoms with Crippen LogP contribution in [0.2, 0.25) is 5.02 Å². The second-order valence-electron chi connectivity index (χ2n) is 6.27. The first-order chi connectivity index (χ1) is 14.3. The van der Waals surface area contributed by atoms with Crippen LogP contribution in [-0.2, 0) is 14.1 Å². The number of hydrogen-bond acceptors (Lipinski definition) is 6. The summed E-state index contributed by atoms with van der Waals surface area (Å²) in [5.74, 6) is 1.52. The van der Waals surface area contributed by atoms with Crippen LogP contribution in [0.3, 0.4) is 0 Å². The third-order valence-corrected chi connectivity index (χ3v) is 4.73. The molecule has 0 bridgehead atoms. The average molecular weight is 430 g/mol. The third kappa shape index (κ3) is 4.23. The molecular formula is C21H20ClN3O5. The van der Waals surface area contributed by atoms with Crippen LogP contribution < -0.4 is 25.5 Å². The maximum atomic E-state index is 12.1. The van der Waals surface area contributed by atoms with E-state index >= 15 is 0 Å². The number of hydrogen-bond donors (Lipinski definition) is 0. The molecule has 0 radical (unpaired) electrons. The van der Waals surface area contributed by atoms with Crippen LogP contribution >= 0.6 is 11.6 Å². The van der Waals surface area contributed by atoms with Gasteiger partial charge in [-0.15, -0.1) is 0 Å². The standard InChI is InChI=1S/C21H20ClN3O5/c1-24-19(26)11-20(25(2)21(24)27)30-17-8-6-5-7-16(17)23-12-14-15(22)9-13(28-3)10-18(14)29-4/h5-12H,1-4H3. The molecule has 3 rings (SSSR count). The van der Waals surface area contributed by atoms with E-state index in [1.807, 2.05) is 0 Å². The van der Waals surface area contributed by atoms with Gasteiger partial charge in [-0.05, 0) is 18.2 Å². The Labute approximate surface area is 177 Å². The van der Waals surface area contributed by atoms with Gasteiger partial charge in [-0.25, -0.2) is 4.79 Å². The van der Waals surface area contributed by atoms with Crippen molar-refractivity contribution in [2.45, 2.75) is 0 Å². The highest BCUT2D eigenvalue weighted by molar-refractivity contribution is 6.33. The van der Waals surface area contributed by atoms with Crippen LogP contribution in [0.1, 0.15) is 5.56 Å². The van der Waals surface area contributed by atoms with Gasteiger partial charge in [0.05, 0.1) is 30.9 Å². The van der Waals surface area contributed by atoms with Crippen LogP contribution in [-0.4, -0.2) is 29.6 Å². The van der Waals surface area contributed by atoms with E-state index in [-0.39, 0.29) is 5.88 Å². The first-order valence-corrected chi connectivity index (χ1v) is 9.23. The zero-order chi connectivity index (χ0) is 21.8. The monoisotopic (exact) mass is 429 g/mol. The summed E-state index contributed by atoms with van der Waals surface area (Å²) in [6.07, 6.45) is 1.55. The number of para-hydroxylation sites is 2. The molecule has 0 fully saturated rings. The van der Waals surface area contributed by atoms with Gasteiger partial charge >= 0.3 is 5.69 Å². The largest absolute Gasteiger partial charge is 0.497 e. The van der Waals surface area contributed by atoms with Crippen molar-refractivity contribution in [2.24, 2.45) is 19.1 Å². The first-order valence-electron chi connectivity index (χ1n) is 8.85. The van der Waals surface area contributed by atoms with Crippen LogP contribution in [0.4, 0.5) is 5.69 Å². The molecule has 3 aromatic rings. The van der Waals surface area contributed by atoms with Crippen molar-refractivity contribution in [2.75, 3.05) is 14.2 Å². The molecule has 0 spiro atoms. The molecule has 1 aromatic heterocycles. The molecule has 1 heterocycles. The van der Waals surface area contributed by atoms with E-state index in [4.69, 9.17) is 25.8 Å². The van der Waals surface area contributed by atoms with E-state index in [0.29, 0.717) is 33.5 Å². The topological polar surface area (TPSA) is 84.0 Å². The molecular weight excluding hydrogens is 410 g/mol. The fourth-order valence-corrected chi connectivity index (χ4v) is 2.94. The lowest BCUT2D eigenvalue weighted by Gasteiger charge is -2.12. The van der Waals surface area contributed by atoms with E-state index in [0.717, 1.165) is 4.57 Å². The summed E-state index contributed by atoms with van der Waals surface area (Å²) in [6, 6.07) is 11.6. The van der Waals surface area contributed by atoms with E-state index in [9.17, 15) is 9.59 Å². The molecule has 0 aliphatic rings. The van der Waals surface area contributed by atoms with Gasteiger partial charge in [0, 0.05) is 26.4 Å². The molecule has 156 valence electrons. The highest BCUT2D eigenvalue weighted by atomic mass is 35.5. The van der Waals surface area contributed by atoms with Crippen molar-refractivity contribution in [3.05, 3.63) is 73.9 Å². The van der Waals surface area contributed by atoms with E-state index in [1.165, 1.54) is 38.9 Å². The number of methoxy groups -OCH3 is 2. The second-order valence-corrected chi connectivity index (χ2v) is 6.68. The molecule has 30 heavy (non-hydrogen) atoms. The molecule has 8 nitrogen and oxygen atoms in total. The molecule has 0 aliphatic carbocycles. The molecule has 0 saturated heterocycles. The summed E-state index contributed by atoms with van der Waals surface area (Å²) >= 11 is 6.34. The van der Waals surface area contributed by atoms with E-state index in [1.54, 1.807) is 42.6 Å². The van der Waals surface area contributed by atoms with Gasteiger partial charge in [-0.2, -0.15) is 0 Å². The summed E-state index contributed by atoms with van der Waals surface area (Å²) in [6.45, 7) is 0. The second kappa shape index (κ2) is 8.87. The van der Waals surface area contributed by atoms with Gasteiger partial charge in [-0.3, -0.25) is 18.9 Å². The lowest BCUT2D eigenvalue weighted by molar-refractivity contribution is 0.394. The summed E-state index contributed by atoms with van der Waals surface area (Å²) in [5.41, 5.74) is 0.0763. The minimum atomic E-state index is -0.492. The molecule has 0 amide bonds. The fourth-order valence-electron chi connectivity index (χ4n) is 2.69. The molecule has 9 heteroatoms. The smallest absolute Gasteiger partial charge is 0.333 e. The Morgan fingerprint density at radius 2 is 1.70 bits per heavy atom. The lowest BCUT2D eigenvalue weighted by Crippen LogP contribution is -2.36. The number of nitrogens with zero attached hydrogens (tertiary/aromatic N) is 3. The van der Waals surface area contributed by atoms with Crippen LogP contribution in [0.5, 0.6) is 23.1 Å². The normalized spacial score (nSPS) is 11.0.